The first-order valence-corrected chi connectivity index (χ1v) is 10.3. The van der Waals surface area contributed by atoms with Gasteiger partial charge < -0.3 is 4.74 Å². The van der Waals surface area contributed by atoms with Gasteiger partial charge in [0.15, 0.2) is 17.2 Å². The van der Waals surface area contributed by atoms with Crippen LogP contribution in [0.5, 0.6) is 0 Å². The molecule has 1 aliphatic heterocycles. The van der Waals surface area contributed by atoms with Gasteiger partial charge in [0.2, 0.25) is 12.1 Å². The Hall–Kier alpha value is -4.99. The van der Waals surface area contributed by atoms with Crippen molar-refractivity contribution in [3.05, 3.63) is 112 Å². The van der Waals surface area contributed by atoms with Gasteiger partial charge in [-0.2, -0.15) is 4.68 Å². The second kappa shape index (κ2) is 8.87. The van der Waals surface area contributed by atoms with Crippen molar-refractivity contribution in [2.24, 2.45) is 9.98 Å². The van der Waals surface area contributed by atoms with Crippen LogP contribution in [0.25, 0.3) is 5.69 Å². The number of hydrogen-bond acceptors (Lipinski definition) is 8. The van der Waals surface area contributed by atoms with Crippen LogP contribution in [0, 0.1) is 15.5 Å². The second-order valence-electron chi connectivity index (χ2n) is 7.30. The Morgan fingerprint density at radius 3 is 2.35 bits per heavy atom. The van der Waals surface area contributed by atoms with Crippen molar-refractivity contribution in [1.82, 2.24) is 15.0 Å². The van der Waals surface area contributed by atoms with Gasteiger partial charge in [-0.3, -0.25) is 15.5 Å². The third-order valence-electron chi connectivity index (χ3n) is 5.09. The summed E-state index contributed by atoms with van der Waals surface area (Å²) >= 11 is 0. The third-order valence-corrected chi connectivity index (χ3v) is 5.09. The van der Waals surface area contributed by atoms with Crippen LogP contribution in [0.3, 0.4) is 0 Å². The lowest BCUT2D eigenvalue weighted by Gasteiger charge is -2.06. The average molecular weight is 451 g/mol. The zero-order valence-corrected chi connectivity index (χ0v) is 17.6. The standard InChI is InChI=1S/C24H17N7O3/c25-22-20(27-24(34-22)17-9-5-2-6-10-17)21-23(26-15-16-7-3-1-4-8-16)30(29-28-21)18-11-13-19(14-12-18)31(32)33/h1-15,24-25H/b25-22?,26-15+. The predicted octanol–water partition coefficient (Wildman–Crippen LogP) is 4.42. The minimum atomic E-state index is -0.667. The van der Waals surface area contributed by atoms with E-state index in [1.807, 2.05) is 60.7 Å². The molecular weight excluding hydrogens is 434 g/mol. The summed E-state index contributed by atoms with van der Waals surface area (Å²) in [7, 11) is 0. The molecule has 34 heavy (non-hydrogen) atoms. The maximum absolute atomic E-state index is 11.0. The van der Waals surface area contributed by atoms with Gasteiger partial charge in [-0.05, 0) is 17.7 Å². The molecule has 1 aliphatic rings. The number of non-ortho nitro benzene ring substituents is 1. The average Bonchev–Trinajstić information content (AvgIpc) is 3.47. The smallest absolute Gasteiger partial charge is 0.269 e. The lowest BCUT2D eigenvalue weighted by Crippen LogP contribution is -2.12. The minimum absolute atomic E-state index is 0.0422. The Morgan fingerprint density at radius 1 is 1.00 bits per heavy atom. The van der Waals surface area contributed by atoms with E-state index in [2.05, 4.69) is 20.3 Å². The van der Waals surface area contributed by atoms with Crippen LogP contribution in [0.4, 0.5) is 11.5 Å². The van der Waals surface area contributed by atoms with Crippen molar-refractivity contribution in [1.29, 1.82) is 5.41 Å². The summed E-state index contributed by atoms with van der Waals surface area (Å²) < 4.78 is 7.11. The molecule has 0 spiro atoms. The van der Waals surface area contributed by atoms with E-state index in [9.17, 15) is 10.1 Å². The second-order valence-corrected chi connectivity index (χ2v) is 7.30. The van der Waals surface area contributed by atoms with Gasteiger partial charge in [-0.15, -0.1) is 5.10 Å². The Labute approximate surface area is 193 Å². The maximum Gasteiger partial charge on any atom is 0.269 e. The van der Waals surface area contributed by atoms with Crippen molar-refractivity contribution in [2.75, 3.05) is 0 Å². The van der Waals surface area contributed by atoms with E-state index in [1.54, 1.807) is 18.3 Å². The van der Waals surface area contributed by atoms with Gasteiger partial charge in [0.25, 0.3) is 5.69 Å². The number of aromatic nitrogens is 3. The van der Waals surface area contributed by atoms with E-state index in [-0.39, 0.29) is 23.0 Å². The monoisotopic (exact) mass is 451 g/mol. The van der Waals surface area contributed by atoms with E-state index in [0.29, 0.717) is 11.5 Å². The van der Waals surface area contributed by atoms with Gasteiger partial charge in [0, 0.05) is 23.9 Å². The molecule has 0 saturated carbocycles. The highest BCUT2D eigenvalue weighted by molar-refractivity contribution is 6.45. The van der Waals surface area contributed by atoms with Crippen LogP contribution in [0.2, 0.25) is 0 Å². The topological polar surface area (TPSA) is 132 Å². The Bertz CT molecular complexity index is 1410. The molecule has 0 radical (unpaired) electrons. The number of benzene rings is 3. The summed E-state index contributed by atoms with van der Waals surface area (Å²) in [6, 6.07) is 24.7. The van der Waals surface area contributed by atoms with Crippen molar-refractivity contribution in [3.8, 4) is 5.69 Å². The van der Waals surface area contributed by atoms with Crippen LogP contribution in [-0.2, 0) is 4.74 Å². The van der Waals surface area contributed by atoms with Crippen molar-refractivity contribution < 1.29 is 9.66 Å². The van der Waals surface area contributed by atoms with E-state index >= 15 is 0 Å². The predicted molar refractivity (Wildman–Crippen MR) is 126 cm³/mol. The SMILES string of the molecule is N=C1OC(c2ccccc2)N=C1c1nnn(-c2ccc([N+](=O)[O-])cc2)c1/N=C/c1ccccc1. The highest BCUT2D eigenvalue weighted by Gasteiger charge is 2.31. The van der Waals surface area contributed by atoms with E-state index in [1.165, 1.54) is 16.8 Å². The number of aliphatic imine (C=N–C) groups is 2. The third kappa shape index (κ3) is 4.07. The first-order chi connectivity index (χ1) is 16.6. The molecule has 2 heterocycles. The highest BCUT2D eigenvalue weighted by atomic mass is 16.6. The van der Waals surface area contributed by atoms with Crippen LogP contribution >= 0.6 is 0 Å². The first kappa shape index (κ1) is 20.9. The molecule has 0 saturated heterocycles. The molecule has 1 atom stereocenters. The fourth-order valence-corrected chi connectivity index (χ4v) is 3.41. The molecule has 10 nitrogen and oxygen atoms in total. The molecule has 0 bridgehead atoms. The Balaban J connectivity index is 1.59. The fraction of sp³-hybridized carbons (Fsp3) is 0.0417. The molecule has 166 valence electrons. The molecule has 3 aromatic carbocycles. The summed E-state index contributed by atoms with van der Waals surface area (Å²) in [5.74, 6) is 0.180. The molecule has 0 amide bonds. The zero-order chi connectivity index (χ0) is 23.5. The van der Waals surface area contributed by atoms with Gasteiger partial charge in [-0.25, -0.2) is 9.98 Å². The van der Waals surface area contributed by atoms with Gasteiger partial charge >= 0.3 is 0 Å². The maximum atomic E-state index is 11.0. The molecule has 1 N–H and O–H groups in total. The van der Waals surface area contributed by atoms with E-state index in [4.69, 9.17) is 10.1 Å². The molecule has 0 fully saturated rings. The minimum Gasteiger partial charge on any atom is -0.446 e. The van der Waals surface area contributed by atoms with Crippen LogP contribution < -0.4 is 0 Å². The zero-order valence-electron chi connectivity index (χ0n) is 17.6. The molecule has 0 aliphatic carbocycles. The normalized spacial score (nSPS) is 15.4. The van der Waals surface area contributed by atoms with Crippen molar-refractivity contribution in [2.45, 2.75) is 6.23 Å². The molecule has 10 heteroatoms. The highest BCUT2D eigenvalue weighted by Crippen LogP contribution is 2.30. The van der Waals surface area contributed by atoms with Crippen LogP contribution in [0.1, 0.15) is 23.0 Å². The van der Waals surface area contributed by atoms with Crippen molar-refractivity contribution >= 4 is 29.3 Å². The number of nitro groups is 1. The van der Waals surface area contributed by atoms with Crippen molar-refractivity contribution in [3.63, 3.8) is 0 Å². The molecule has 1 aromatic heterocycles. The molecule has 4 aromatic rings. The number of nitro benzene ring substituents is 1. The largest absolute Gasteiger partial charge is 0.446 e. The molecular formula is C24H17N7O3. The summed E-state index contributed by atoms with van der Waals surface area (Å²) in [5, 5.41) is 27.8. The number of ether oxygens (including phenoxy) is 1. The summed E-state index contributed by atoms with van der Waals surface area (Å²) in [6.07, 6.45) is 0.984. The summed E-state index contributed by atoms with van der Waals surface area (Å²) in [6.45, 7) is 0. The summed E-state index contributed by atoms with van der Waals surface area (Å²) in [5.41, 5.74) is 2.64. The van der Waals surface area contributed by atoms with E-state index in [0.717, 1.165) is 11.1 Å². The van der Waals surface area contributed by atoms with Crippen LogP contribution in [0.15, 0.2) is 94.9 Å². The number of nitrogens with one attached hydrogen (secondary N) is 1. The number of nitrogens with zero attached hydrogens (tertiary/aromatic N) is 6. The molecule has 5 rings (SSSR count). The lowest BCUT2D eigenvalue weighted by molar-refractivity contribution is -0.384. The Kier molecular flexibility index (Phi) is 5.45. The van der Waals surface area contributed by atoms with Crippen LogP contribution in [-0.4, -0.2) is 37.7 Å². The molecule has 1 unspecified atom stereocenters. The fourth-order valence-electron chi connectivity index (χ4n) is 3.41. The number of hydrogen-bond donors (Lipinski definition) is 1. The number of rotatable bonds is 6. The van der Waals surface area contributed by atoms with E-state index < -0.39 is 11.2 Å². The Morgan fingerprint density at radius 2 is 1.68 bits per heavy atom. The lowest BCUT2D eigenvalue weighted by atomic mass is 10.2. The van der Waals surface area contributed by atoms with Gasteiger partial charge in [-0.1, -0.05) is 65.9 Å². The van der Waals surface area contributed by atoms with Gasteiger partial charge in [0.05, 0.1) is 10.6 Å². The quantitative estimate of drug-likeness (QED) is 0.263. The summed E-state index contributed by atoms with van der Waals surface area (Å²) in [4.78, 5) is 19.7. The van der Waals surface area contributed by atoms with Gasteiger partial charge in [0.1, 0.15) is 0 Å². The first-order valence-electron chi connectivity index (χ1n) is 10.3.